The van der Waals surface area contributed by atoms with Crippen molar-refractivity contribution in [3.05, 3.63) is 69.4 Å². The molecular formula is C15H12BrF4N. The highest BCUT2D eigenvalue weighted by molar-refractivity contribution is 9.10. The fourth-order valence-corrected chi connectivity index (χ4v) is 2.32. The van der Waals surface area contributed by atoms with Gasteiger partial charge < -0.3 is 5.73 Å². The summed E-state index contributed by atoms with van der Waals surface area (Å²) in [6.07, 6.45) is -4.29. The molecule has 0 saturated carbocycles. The maximum atomic E-state index is 13.7. The second-order valence-electron chi connectivity index (χ2n) is 4.67. The highest BCUT2D eigenvalue weighted by Gasteiger charge is 2.30. The summed E-state index contributed by atoms with van der Waals surface area (Å²) in [5.74, 6) is -0.438. The van der Waals surface area contributed by atoms with E-state index < -0.39 is 23.6 Å². The number of hydrogen-bond acceptors (Lipinski definition) is 1. The molecule has 0 heterocycles. The van der Waals surface area contributed by atoms with E-state index in [0.717, 1.165) is 12.1 Å². The van der Waals surface area contributed by atoms with Crippen molar-refractivity contribution in [2.24, 2.45) is 5.73 Å². The van der Waals surface area contributed by atoms with Crippen molar-refractivity contribution in [1.29, 1.82) is 0 Å². The molecule has 0 aliphatic rings. The van der Waals surface area contributed by atoms with E-state index in [9.17, 15) is 17.6 Å². The molecule has 112 valence electrons. The van der Waals surface area contributed by atoms with Gasteiger partial charge in [-0.3, -0.25) is 0 Å². The third-order valence-corrected chi connectivity index (χ3v) is 3.59. The monoisotopic (exact) mass is 361 g/mol. The van der Waals surface area contributed by atoms with Gasteiger partial charge in [-0.15, -0.1) is 0 Å². The van der Waals surface area contributed by atoms with Crippen molar-refractivity contribution in [3.8, 4) is 0 Å². The van der Waals surface area contributed by atoms with Crippen LogP contribution in [-0.4, -0.2) is 0 Å². The van der Waals surface area contributed by atoms with Crippen LogP contribution in [0.15, 0.2) is 46.9 Å². The molecule has 2 rings (SSSR count). The van der Waals surface area contributed by atoms with Crippen LogP contribution >= 0.6 is 15.9 Å². The molecule has 1 atom stereocenters. The van der Waals surface area contributed by atoms with Gasteiger partial charge in [0.05, 0.1) is 5.56 Å². The molecule has 0 amide bonds. The summed E-state index contributed by atoms with van der Waals surface area (Å²) in [5.41, 5.74) is 5.83. The van der Waals surface area contributed by atoms with E-state index in [1.807, 2.05) is 0 Å². The number of alkyl halides is 3. The summed E-state index contributed by atoms with van der Waals surface area (Å²) in [5, 5.41) is 0. The third kappa shape index (κ3) is 4.04. The zero-order valence-electron chi connectivity index (χ0n) is 10.8. The van der Waals surface area contributed by atoms with Gasteiger partial charge in [-0.2, -0.15) is 13.2 Å². The molecule has 0 fully saturated rings. The Morgan fingerprint density at radius 2 is 1.81 bits per heavy atom. The van der Waals surface area contributed by atoms with Gasteiger partial charge in [0.15, 0.2) is 0 Å². The summed E-state index contributed by atoms with van der Waals surface area (Å²) in [6.45, 7) is 0. The quantitative estimate of drug-likeness (QED) is 0.777. The van der Waals surface area contributed by atoms with E-state index in [1.54, 1.807) is 12.1 Å². The zero-order valence-corrected chi connectivity index (χ0v) is 12.4. The standard InChI is InChI=1S/C15H12BrF4N/c16-12-5-4-9(13(17)8-12)7-14(21)10-2-1-3-11(6-10)15(18,19)20/h1-6,8,14H,7,21H2. The van der Waals surface area contributed by atoms with Crippen LogP contribution in [0.1, 0.15) is 22.7 Å². The van der Waals surface area contributed by atoms with E-state index >= 15 is 0 Å². The van der Waals surface area contributed by atoms with Crippen LogP contribution in [0, 0.1) is 5.82 Å². The molecule has 0 aliphatic carbocycles. The molecule has 2 N–H and O–H groups in total. The number of nitrogens with two attached hydrogens (primary N) is 1. The maximum Gasteiger partial charge on any atom is 0.416 e. The van der Waals surface area contributed by atoms with E-state index in [0.29, 0.717) is 15.6 Å². The minimum absolute atomic E-state index is 0.125. The summed E-state index contributed by atoms with van der Waals surface area (Å²) < 4.78 is 52.3. The molecule has 0 aliphatic heterocycles. The summed E-state index contributed by atoms with van der Waals surface area (Å²) >= 11 is 3.14. The minimum Gasteiger partial charge on any atom is -0.324 e. The first-order valence-electron chi connectivity index (χ1n) is 6.14. The summed E-state index contributed by atoms with van der Waals surface area (Å²) in [6, 6.07) is 8.62. The van der Waals surface area contributed by atoms with Crippen LogP contribution in [0.5, 0.6) is 0 Å². The first-order chi connectivity index (χ1) is 9.77. The number of rotatable bonds is 3. The van der Waals surface area contributed by atoms with Gasteiger partial charge in [0, 0.05) is 10.5 Å². The number of benzene rings is 2. The molecular weight excluding hydrogens is 350 g/mol. The fraction of sp³-hybridized carbons (Fsp3) is 0.200. The SMILES string of the molecule is NC(Cc1ccc(Br)cc1F)c1cccc(C(F)(F)F)c1. The third-order valence-electron chi connectivity index (χ3n) is 3.10. The van der Waals surface area contributed by atoms with Crippen LogP contribution in [0.25, 0.3) is 0 Å². The molecule has 1 nitrogen and oxygen atoms in total. The predicted octanol–water partition coefficient (Wildman–Crippen LogP) is 4.85. The molecule has 6 heteroatoms. The van der Waals surface area contributed by atoms with Crippen molar-refractivity contribution in [2.45, 2.75) is 18.6 Å². The lowest BCUT2D eigenvalue weighted by molar-refractivity contribution is -0.137. The van der Waals surface area contributed by atoms with Gasteiger partial charge in [0.2, 0.25) is 0 Å². The van der Waals surface area contributed by atoms with Crippen molar-refractivity contribution < 1.29 is 17.6 Å². The molecule has 21 heavy (non-hydrogen) atoms. The minimum atomic E-state index is -4.42. The van der Waals surface area contributed by atoms with Crippen LogP contribution in [0.2, 0.25) is 0 Å². The number of hydrogen-bond donors (Lipinski definition) is 1. The lowest BCUT2D eigenvalue weighted by atomic mass is 9.98. The van der Waals surface area contributed by atoms with Gasteiger partial charge in [-0.1, -0.05) is 34.1 Å². The van der Waals surface area contributed by atoms with Crippen molar-refractivity contribution >= 4 is 15.9 Å². The van der Waals surface area contributed by atoms with Crippen molar-refractivity contribution in [2.75, 3.05) is 0 Å². The molecule has 0 bridgehead atoms. The highest BCUT2D eigenvalue weighted by Crippen LogP contribution is 2.31. The van der Waals surface area contributed by atoms with Crippen molar-refractivity contribution in [3.63, 3.8) is 0 Å². The number of halogens is 5. The van der Waals surface area contributed by atoms with Gasteiger partial charge in [0.1, 0.15) is 5.82 Å². The van der Waals surface area contributed by atoms with Crippen LogP contribution in [-0.2, 0) is 12.6 Å². The van der Waals surface area contributed by atoms with Gasteiger partial charge in [0.25, 0.3) is 0 Å². The Morgan fingerprint density at radius 3 is 2.43 bits per heavy atom. The Kier molecular flexibility index (Phi) is 4.68. The molecule has 0 radical (unpaired) electrons. The Balaban J connectivity index is 2.22. The molecule has 0 aromatic heterocycles. The van der Waals surface area contributed by atoms with E-state index in [2.05, 4.69) is 15.9 Å². The first-order valence-corrected chi connectivity index (χ1v) is 6.93. The van der Waals surface area contributed by atoms with Crippen LogP contribution < -0.4 is 5.73 Å². The lowest BCUT2D eigenvalue weighted by Gasteiger charge is -2.15. The average molecular weight is 362 g/mol. The molecule has 0 spiro atoms. The Labute approximate surface area is 127 Å². The van der Waals surface area contributed by atoms with Crippen LogP contribution in [0.3, 0.4) is 0 Å². The van der Waals surface area contributed by atoms with Gasteiger partial charge >= 0.3 is 6.18 Å². The fourth-order valence-electron chi connectivity index (χ4n) is 1.99. The zero-order chi connectivity index (χ0) is 15.6. The Hall–Kier alpha value is -1.40. The highest BCUT2D eigenvalue weighted by atomic mass is 79.9. The van der Waals surface area contributed by atoms with Gasteiger partial charge in [-0.25, -0.2) is 4.39 Å². The Bertz CT molecular complexity index is 640. The molecule has 2 aromatic rings. The van der Waals surface area contributed by atoms with Crippen LogP contribution in [0.4, 0.5) is 17.6 Å². The normalized spacial score (nSPS) is 13.2. The predicted molar refractivity (Wildman–Crippen MR) is 76.2 cm³/mol. The second-order valence-corrected chi connectivity index (χ2v) is 5.59. The Morgan fingerprint density at radius 1 is 1.10 bits per heavy atom. The molecule has 2 aromatic carbocycles. The largest absolute Gasteiger partial charge is 0.416 e. The maximum absolute atomic E-state index is 13.7. The van der Waals surface area contributed by atoms with E-state index in [-0.39, 0.29) is 6.42 Å². The summed E-state index contributed by atoms with van der Waals surface area (Å²) in [7, 11) is 0. The van der Waals surface area contributed by atoms with Crippen molar-refractivity contribution in [1.82, 2.24) is 0 Å². The molecule has 0 saturated heterocycles. The topological polar surface area (TPSA) is 26.0 Å². The average Bonchev–Trinajstić information content (AvgIpc) is 2.41. The van der Waals surface area contributed by atoms with Gasteiger partial charge in [-0.05, 0) is 41.8 Å². The summed E-state index contributed by atoms with van der Waals surface area (Å²) in [4.78, 5) is 0. The smallest absolute Gasteiger partial charge is 0.324 e. The lowest BCUT2D eigenvalue weighted by Crippen LogP contribution is -2.15. The molecule has 1 unspecified atom stereocenters. The van der Waals surface area contributed by atoms with E-state index in [1.165, 1.54) is 18.2 Å². The first kappa shape index (κ1) is 16.0. The van der Waals surface area contributed by atoms with E-state index in [4.69, 9.17) is 5.73 Å². The second kappa shape index (κ2) is 6.15.